The molecule has 1 saturated heterocycles. The molecule has 0 spiro atoms. The highest BCUT2D eigenvalue weighted by Crippen LogP contribution is 2.18. The SMILES string of the molecule is CCCCCCCC(=O)N[C@@H](CCN)C(=O)N[C@H](C(=O)N[C@@H](CCN)C(=O)N[C@H]1CCNC(=O)[C@H]([C@@H](C)O)NC(=O)[C@H](CCN)NC(=O)[C@H](CCN)NC(=O)[C@H](CC(C)C)NC(=O)[C@@H](Cc2ccccc2)NC(=O)[C@H](CCN)NC1=O)[C@@H](C)O.O=C(O)C(F)(F)F.O=C(O)C(F)(F)F.O=C(O)C(F)(F)F.O=C(O)C(F)(F)F.O=C(O)C(F)(F)F. The molecule has 39 nitrogen and oxygen atoms in total. The predicted molar refractivity (Wildman–Crippen MR) is 380 cm³/mol. The fourth-order valence-electron chi connectivity index (χ4n) is 9.03. The average molecular weight is 1760 g/mol. The van der Waals surface area contributed by atoms with Gasteiger partial charge in [-0.1, -0.05) is 76.8 Å². The zero-order valence-electron chi connectivity index (χ0n) is 64.3. The van der Waals surface area contributed by atoms with E-state index in [4.69, 9.17) is 78.2 Å². The third kappa shape index (κ3) is 52.1. The first kappa shape index (κ1) is 115. The minimum Gasteiger partial charge on any atom is -0.475 e. The van der Waals surface area contributed by atoms with E-state index >= 15 is 0 Å². The van der Waals surface area contributed by atoms with Crippen molar-refractivity contribution in [2.75, 3.05) is 39.3 Å². The van der Waals surface area contributed by atoms with E-state index < -0.39 is 211 Å². The van der Waals surface area contributed by atoms with Crippen LogP contribution in [0.3, 0.4) is 0 Å². The maximum Gasteiger partial charge on any atom is 0.490 e. The van der Waals surface area contributed by atoms with E-state index in [0.717, 1.165) is 25.7 Å². The van der Waals surface area contributed by atoms with Gasteiger partial charge in [-0.3, -0.25) is 52.7 Å². The lowest BCUT2D eigenvalue weighted by Crippen LogP contribution is -2.62. The molecule has 12 atom stereocenters. The molecule has 2 rings (SSSR count). The second kappa shape index (κ2) is 57.5. The Bertz CT molecular complexity index is 3240. The Labute approximate surface area is 667 Å². The van der Waals surface area contributed by atoms with Crippen LogP contribution in [0.1, 0.15) is 124 Å². The summed E-state index contributed by atoms with van der Waals surface area (Å²) in [6.45, 7) is 6.87. The van der Waals surface area contributed by atoms with Gasteiger partial charge in [-0.15, -0.1) is 0 Å². The van der Waals surface area contributed by atoms with E-state index in [-0.39, 0.29) is 90.0 Å². The summed E-state index contributed by atoms with van der Waals surface area (Å²) in [5.74, 6) is -23.7. The number of hydrogen-bond acceptors (Lipinski definition) is 23. The average Bonchev–Trinajstić information content (AvgIpc) is 1.38. The number of aliphatic hydroxyl groups excluding tert-OH is 2. The van der Waals surface area contributed by atoms with E-state index in [9.17, 15) is 129 Å². The maximum atomic E-state index is 14.5. The molecule has 0 saturated carbocycles. The molecule has 1 heterocycles. The molecule has 1 aromatic rings. The van der Waals surface area contributed by atoms with E-state index in [1.165, 1.54) is 13.8 Å². The van der Waals surface area contributed by atoms with E-state index in [2.05, 4.69) is 65.4 Å². The lowest BCUT2D eigenvalue weighted by molar-refractivity contribution is -0.193. The Morgan fingerprint density at radius 2 is 0.798 bits per heavy atom. The van der Waals surface area contributed by atoms with Gasteiger partial charge < -0.3 is 123 Å². The molecule has 0 aromatic heterocycles. The molecule has 684 valence electrons. The summed E-state index contributed by atoms with van der Waals surface area (Å²) in [5.41, 5.74) is 29.9. The van der Waals surface area contributed by atoms with Crippen LogP contribution in [0, 0.1) is 5.92 Å². The lowest BCUT2D eigenvalue weighted by atomic mass is 10.00. The highest BCUT2D eigenvalue weighted by molar-refractivity contribution is 5.99. The summed E-state index contributed by atoms with van der Waals surface area (Å²) in [6, 6.07) is -6.22. The van der Waals surface area contributed by atoms with Crippen molar-refractivity contribution >= 4 is 94.8 Å². The number of rotatable bonds is 29. The number of alkyl halides is 15. The Hall–Kier alpha value is -10.6. The minimum atomic E-state index is -5.08. The third-order valence-corrected chi connectivity index (χ3v) is 14.9. The molecule has 0 bridgehead atoms. The summed E-state index contributed by atoms with van der Waals surface area (Å²) in [6.07, 6.45) is -25.4. The normalized spacial score (nSPS) is 19.3. The molecule has 1 aliphatic heterocycles. The quantitative estimate of drug-likeness (QED) is 0.0296. The summed E-state index contributed by atoms with van der Waals surface area (Å²) in [5, 5.41) is 85.2. The molecular formula is C65H101F15N16O23. The molecule has 0 unspecified atom stereocenters. The molecule has 28 N–H and O–H groups in total. The van der Waals surface area contributed by atoms with E-state index in [1.807, 2.05) is 0 Å². The minimum absolute atomic E-state index is 0.0143. The number of amides is 11. The Balaban J connectivity index is -0.00000155. The van der Waals surface area contributed by atoms with Gasteiger partial charge >= 0.3 is 60.7 Å². The van der Waals surface area contributed by atoms with Gasteiger partial charge in [0.2, 0.25) is 65.0 Å². The van der Waals surface area contributed by atoms with Crippen molar-refractivity contribution < 1.29 is 178 Å². The van der Waals surface area contributed by atoms with Crippen LogP contribution in [0.25, 0.3) is 0 Å². The molecule has 1 aliphatic rings. The standard InChI is InChI=1S/C55H96N16O13.5C2HF3O2/c1-6-7-8-9-13-16-43(74)62-35(17-23-56)50(79)71-45(33(5)73)55(84)67-38(20-26-59)47(76)66-40-22-28-61-54(83)44(32(4)72)70-51(80)39(21-27-60)64-46(75)36(18-24-57)65-52(81)41(29-31(2)3)68-53(82)42(30-34-14-11-10-12-15-34)69-48(77)37(19-25-58)63-49(40)78;5*3-2(4,5)1(6)7/h10-12,14-15,31-33,35-42,44-45,72-73H,6-9,13,16-30,56-60H2,1-5H3,(H,61,83)(H,62,74)(H,63,78)(H,64,75)(H,65,81)(H,66,76)(H,67,84)(H,68,82)(H,69,77)(H,70,80)(H,71,79);5*(H,6,7)/t32-,33-,35+,36+,37+,38+,39+,40+,41+,42-,44+,45+;;;;;/m1...../s1. The summed E-state index contributed by atoms with van der Waals surface area (Å²) in [7, 11) is 0. The number of aliphatic carboxylic acids is 5. The van der Waals surface area contributed by atoms with Crippen LogP contribution in [-0.2, 0) is 83.1 Å². The first-order chi connectivity index (χ1) is 54.7. The fraction of sp³-hybridized carbons (Fsp3) is 0.662. The number of hydrogen-bond donors (Lipinski definition) is 23. The van der Waals surface area contributed by atoms with Crippen molar-refractivity contribution in [3.05, 3.63) is 35.9 Å². The number of carbonyl (C=O) groups is 16. The molecule has 1 aromatic carbocycles. The van der Waals surface area contributed by atoms with Crippen molar-refractivity contribution in [1.82, 2.24) is 58.5 Å². The number of aliphatic hydroxyl groups is 2. The van der Waals surface area contributed by atoms with Crippen LogP contribution in [0.5, 0.6) is 0 Å². The van der Waals surface area contributed by atoms with Crippen molar-refractivity contribution in [1.29, 1.82) is 0 Å². The van der Waals surface area contributed by atoms with Gasteiger partial charge in [-0.05, 0) is 109 Å². The van der Waals surface area contributed by atoms with Gasteiger partial charge in [-0.25, -0.2) is 24.0 Å². The molecule has 1 fully saturated rings. The fourth-order valence-corrected chi connectivity index (χ4v) is 9.03. The number of unbranched alkanes of at least 4 members (excludes halogenated alkanes) is 4. The highest BCUT2D eigenvalue weighted by Gasteiger charge is 2.43. The number of nitrogens with one attached hydrogen (secondary N) is 11. The second-order valence-electron chi connectivity index (χ2n) is 25.5. The van der Waals surface area contributed by atoms with Crippen LogP contribution in [0.4, 0.5) is 65.9 Å². The topological polar surface area (TPSA) is 677 Å². The molecule has 54 heteroatoms. The van der Waals surface area contributed by atoms with Crippen molar-refractivity contribution in [3.63, 3.8) is 0 Å². The van der Waals surface area contributed by atoms with Crippen LogP contribution in [0.2, 0.25) is 0 Å². The largest absolute Gasteiger partial charge is 0.490 e. The van der Waals surface area contributed by atoms with Gasteiger partial charge in [0.15, 0.2) is 0 Å². The maximum absolute atomic E-state index is 14.5. The predicted octanol–water partition coefficient (Wildman–Crippen LogP) is -2.32. The molecule has 11 amide bonds. The van der Waals surface area contributed by atoms with Gasteiger partial charge in [0.05, 0.1) is 12.2 Å². The van der Waals surface area contributed by atoms with Crippen LogP contribution in [0.15, 0.2) is 30.3 Å². The van der Waals surface area contributed by atoms with Gasteiger partial charge in [0, 0.05) is 19.4 Å². The van der Waals surface area contributed by atoms with E-state index in [1.54, 1.807) is 44.2 Å². The Morgan fingerprint density at radius 1 is 0.445 bits per heavy atom. The van der Waals surface area contributed by atoms with Gasteiger partial charge in [0.25, 0.3) is 0 Å². The molecule has 119 heavy (non-hydrogen) atoms. The van der Waals surface area contributed by atoms with Crippen LogP contribution >= 0.6 is 0 Å². The Kier molecular flexibility index (Phi) is 55.5. The van der Waals surface area contributed by atoms with Gasteiger partial charge in [-0.2, -0.15) is 65.9 Å². The number of carboxylic acids is 5. The van der Waals surface area contributed by atoms with Crippen molar-refractivity contribution in [2.45, 2.75) is 228 Å². The van der Waals surface area contributed by atoms with Crippen molar-refractivity contribution in [3.8, 4) is 0 Å². The molecule has 0 aliphatic carbocycles. The highest BCUT2D eigenvalue weighted by atomic mass is 19.4. The van der Waals surface area contributed by atoms with E-state index in [0.29, 0.717) is 12.0 Å². The third-order valence-electron chi connectivity index (χ3n) is 14.9. The zero-order valence-corrected chi connectivity index (χ0v) is 64.3. The number of carbonyl (C=O) groups excluding carboxylic acids is 11. The summed E-state index contributed by atoms with van der Waals surface area (Å²) in [4.78, 5) is 198. The smallest absolute Gasteiger partial charge is 0.475 e. The molecular weight excluding hydrogens is 1660 g/mol. The van der Waals surface area contributed by atoms with Crippen molar-refractivity contribution in [2.24, 2.45) is 34.6 Å². The second-order valence-corrected chi connectivity index (χ2v) is 25.5. The molecule has 0 radical (unpaired) electrons. The zero-order chi connectivity index (χ0) is 93.3. The van der Waals surface area contributed by atoms with Crippen LogP contribution in [-0.4, -0.2) is 273 Å². The summed E-state index contributed by atoms with van der Waals surface area (Å²) >= 11 is 0. The number of benzene rings is 1. The number of carboxylic acid groups (broad SMARTS) is 5. The van der Waals surface area contributed by atoms with Crippen LogP contribution < -0.4 is 87.2 Å². The Morgan fingerprint density at radius 3 is 1.16 bits per heavy atom. The monoisotopic (exact) mass is 1760 g/mol. The lowest BCUT2D eigenvalue weighted by Gasteiger charge is -2.29. The first-order valence-electron chi connectivity index (χ1n) is 35.4. The number of halogens is 15. The first-order valence-corrected chi connectivity index (χ1v) is 35.4. The number of nitrogens with two attached hydrogens (primary N) is 5. The summed E-state index contributed by atoms with van der Waals surface area (Å²) < 4.78 is 159. The van der Waals surface area contributed by atoms with Gasteiger partial charge in [0.1, 0.15) is 60.4 Å².